The molecule has 2 aromatic carbocycles. The lowest BCUT2D eigenvalue weighted by molar-refractivity contribution is -0.121. The SMILES string of the molecule is COc1ccccc1CNC(=O)CCNC(=O)c1cccc(C)c1. The number of amides is 2. The molecule has 0 saturated carbocycles. The highest BCUT2D eigenvalue weighted by molar-refractivity contribution is 5.94. The molecular formula is C19H22N2O3. The third-order valence-corrected chi connectivity index (χ3v) is 3.59. The Hall–Kier alpha value is -2.82. The van der Waals surface area contributed by atoms with E-state index in [1.54, 1.807) is 13.2 Å². The molecule has 0 heterocycles. The first kappa shape index (κ1) is 17.5. The van der Waals surface area contributed by atoms with Gasteiger partial charge in [-0.1, -0.05) is 35.9 Å². The summed E-state index contributed by atoms with van der Waals surface area (Å²) >= 11 is 0. The molecule has 2 N–H and O–H groups in total. The molecule has 2 amide bonds. The normalized spacial score (nSPS) is 10.1. The van der Waals surface area contributed by atoms with Crippen LogP contribution in [0.1, 0.15) is 27.9 Å². The lowest BCUT2D eigenvalue weighted by Crippen LogP contribution is -2.30. The Kier molecular flexibility index (Phi) is 6.37. The van der Waals surface area contributed by atoms with E-state index in [-0.39, 0.29) is 18.2 Å². The molecule has 0 aromatic heterocycles. The average Bonchev–Trinajstić information content (AvgIpc) is 2.60. The number of hydrogen-bond donors (Lipinski definition) is 2. The van der Waals surface area contributed by atoms with Crippen molar-refractivity contribution in [2.24, 2.45) is 0 Å². The summed E-state index contributed by atoms with van der Waals surface area (Å²) in [7, 11) is 1.60. The van der Waals surface area contributed by atoms with Crippen molar-refractivity contribution in [1.29, 1.82) is 0 Å². The predicted molar refractivity (Wildman–Crippen MR) is 93.0 cm³/mol. The molecule has 0 aliphatic heterocycles. The third-order valence-electron chi connectivity index (χ3n) is 3.59. The summed E-state index contributed by atoms with van der Waals surface area (Å²) in [6, 6.07) is 14.9. The second-order valence-corrected chi connectivity index (χ2v) is 5.46. The Labute approximate surface area is 142 Å². The highest BCUT2D eigenvalue weighted by Gasteiger charge is 2.08. The van der Waals surface area contributed by atoms with Crippen LogP contribution >= 0.6 is 0 Å². The fourth-order valence-corrected chi connectivity index (χ4v) is 2.31. The minimum absolute atomic E-state index is 0.120. The summed E-state index contributed by atoms with van der Waals surface area (Å²) in [6.45, 7) is 2.63. The van der Waals surface area contributed by atoms with Gasteiger partial charge in [0.25, 0.3) is 5.91 Å². The fourth-order valence-electron chi connectivity index (χ4n) is 2.31. The number of methoxy groups -OCH3 is 1. The van der Waals surface area contributed by atoms with Crippen LogP contribution in [0.15, 0.2) is 48.5 Å². The summed E-state index contributed by atoms with van der Waals surface area (Å²) < 4.78 is 5.24. The van der Waals surface area contributed by atoms with Crippen LogP contribution in [-0.2, 0) is 11.3 Å². The number of ether oxygens (including phenoxy) is 1. The van der Waals surface area contributed by atoms with E-state index in [9.17, 15) is 9.59 Å². The smallest absolute Gasteiger partial charge is 0.251 e. The van der Waals surface area contributed by atoms with Gasteiger partial charge in [-0.15, -0.1) is 0 Å². The molecule has 0 atom stereocenters. The van der Waals surface area contributed by atoms with Crippen molar-refractivity contribution in [3.63, 3.8) is 0 Å². The molecule has 5 heteroatoms. The molecule has 5 nitrogen and oxygen atoms in total. The van der Waals surface area contributed by atoms with Crippen molar-refractivity contribution in [1.82, 2.24) is 10.6 Å². The molecule has 0 fully saturated rings. The van der Waals surface area contributed by atoms with Crippen molar-refractivity contribution in [3.05, 3.63) is 65.2 Å². The molecule has 126 valence electrons. The summed E-state index contributed by atoms with van der Waals surface area (Å²) in [5.41, 5.74) is 2.54. The zero-order valence-electron chi connectivity index (χ0n) is 14.0. The molecular weight excluding hydrogens is 304 g/mol. The molecule has 0 bridgehead atoms. The fraction of sp³-hybridized carbons (Fsp3) is 0.263. The summed E-state index contributed by atoms with van der Waals surface area (Å²) in [5.74, 6) is 0.451. The zero-order chi connectivity index (χ0) is 17.4. The van der Waals surface area contributed by atoms with Crippen LogP contribution in [0.5, 0.6) is 5.75 Å². The molecule has 0 aliphatic carbocycles. The van der Waals surface area contributed by atoms with Gasteiger partial charge in [-0.05, 0) is 25.1 Å². The Morgan fingerprint density at radius 3 is 2.58 bits per heavy atom. The van der Waals surface area contributed by atoms with Crippen LogP contribution in [0.4, 0.5) is 0 Å². The summed E-state index contributed by atoms with van der Waals surface area (Å²) in [6.07, 6.45) is 0.229. The van der Waals surface area contributed by atoms with Crippen LogP contribution < -0.4 is 15.4 Å². The number of hydrogen-bond acceptors (Lipinski definition) is 3. The van der Waals surface area contributed by atoms with Crippen LogP contribution in [0.2, 0.25) is 0 Å². The van der Waals surface area contributed by atoms with Crippen molar-refractivity contribution < 1.29 is 14.3 Å². The van der Waals surface area contributed by atoms with E-state index in [2.05, 4.69) is 10.6 Å². The van der Waals surface area contributed by atoms with Crippen LogP contribution in [-0.4, -0.2) is 25.5 Å². The summed E-state index contributed by atoms with van der Waals surface area (Å²) in [4.78, 5) is 23.9. The minimum atomic E-state index is -0.170. The van der Waals surface area contributed by atoms with Gasteiger partial charge in [0, 0.05) is 30.6 Å². The number of carbonyl (C=O) groups excluding carboxylic acids is 2. The first-order valence-corrected chi connectivity index (χ1v) is 7.83. The number of carbonyl (C=O) groups is 2. The van der Waals surface area contributed by atoms with Gasteiger partial charge < -0.3 is 15.4 Å². The Morgan fingerprint density at radius 1 is 1.04 bits per heavy atom. The second kappa shape index (κ2) is 8.72. The maximum Gasteiger partial charge on any atom is 0.251 e. The Bertz CT molecular complexity index is 713. The molecule has 2 rings (SSSR count). The summed E-state index contributed by atoms with van der Waals surface area (Å²) in [5, 5.41) is 5.58. The number of rotatable bonds is 7. The van der Waals surface area contributed by atoms with E-state index in [1.165, 1.54) is 0 Å². The van der Waals surface area contributed by atoms with Crippen LogP contribution in [0.3, 0.4) is 0 Å². The third kappa shape index (κ3) is 5.12. The van der Waals surface area contributed by atoms with Gasteiger partial charge in [0.2, 0.25) is 5.91 Å². The number of aryl methyl sites for hydroxylation is 1. The minimum Gasteiger partial charge on any atom is -0.496 e. The molecule has 2 aromatic rings. The average molecular weight is 326 g/mol. The maximum atomic E-state index is 12.0. The van der Waals surface area contributed by atoms with E-state index < -0.39 is 0 Å². The molecule has 0 spiro atoms. The molecule has 24 heavy (non-hydrogen) atoms. The van der Waals surface area contributed by atoms with Crippen LogP contribution in [0.25, 0.3) is 0 Å². The number of para-hydroxylation sites is 1. The number of benzene rings is 2. The predicted octanol–water partition coefficient (Wildman–Crippen LogP) is 2.44. The first-order valence-electron chi connectivity index (χ1n) is 7.83. The van der Waals surface area contributed by atoms with Crippen LogP contribution in [0, 0.1) is 6.92 Å². The van der Waals surface area contributed by atoms with Crippen molar-refractivity contribution in [2.75, 3.05) is 13.7 Å². The van der Waals surface area contributed by atoms with E-state index >= 15 is 0 Å². The molecule has 0 radical (unpaired) electrons. The van der Waals surface area contributed by atoms with Gasteiger partial charge in [-0.25, -0.2) is 0 Å². The topological polar surface area (TPSA) is 67.4 Å². The van der Waals surface area contributed by atoms with E-state index in [4.69, 9.17) is 4.74 Å². The molecule has 0 unspecified atom stereocenters. The van der Waals surface area contributed by atoms with Crippen molar-refractivity contribution >= 4 is 11.8 Å². The lowest BCUT2D eigenvalue weighted by atomic mass is 10.1. The van der Waals surface area contributed by atoms with Gasteiger partial charge in [0.1, 0.15) is 5.75 Å². The monoisotopic (exact) mass is 326 g/mol. The zero-order valence-corrected chi connectivity index (χ0v) is 14.0. The second-order valence-electron chi connectivity index (χ2n) is 5.46. The quantitative estimate of drug-likeness (QED) is 0.821. The van der Waals surface area contributed by atoms with Gasteiger partial charge in [0.05, 0.1) is 7.11 Å². The lowest BCUT2D eigenvalue weighted by Gasteiger charge is -2.10. The highest BCUT2D eigenvalue weighted by atomic mass is 16.5. The molecule has 0 aliphatic rings. The van der Waals surface area contributed by atoms with E-state index in [0.717, 1.165) is 16.9 Å². The largest absolute Gasteiger partial charge is 0.496 e. The van der Waals surface area contributed by atoms with Gasteiger partial charge in [0.15, 0.2) is 0 Å². The van der Waals surface area contributed by atoms with E-state index in [1.807, 2.05) is 49.4 Å². The Morgan fingerprint density at radius 2 is 1.83 bits per heavy atom. The first-order chi connectivity index (χ1) is 11.6. The van der Waals surface area contributed by atoms with Crippen molar-refractivity contribution in [2.45, 2.75) is 19.9 Å². The standard InChI is InChI=1S/C19H22N2O3/c1-14-6-5-8-15(12-14)19(23)20-11-10-18(22)21-13-16-7-3-4-9-17(16)24-2/h3-9,12H,10-11,13H2,1-2H3,(H,20,23)(H,21,22). The maximum absolute atomic E-state index is 12.0. The van der Waals surface area contributed by atoms with Gasteiger partial charge in [-0.3, -0.25) is 9.59 Å². The number of nitrogens with one attached hydrogen (secondary N) is 2. The van der Waals surface area contributed by atoms with Gasteiger partial charge >= 0.3 is 0 Å². The van der Waals surface area contributed by atoms with E-state index in [0.29, 0.717) is 18.7 Å². The molecule has 0 saturated heterocycles. The van der Waals surface area contributed by atoms with Crippen molar-refractivity contribution in [3.8, 4) is 5.75 Å². The Balaban J connectivity index is 1.74. The highest BCUT2D eigenvalue weighted by Crippen LogP contribution is 2.16. The van der Waals surface area contributed by atoms with Gasteiger partial charge in [-0.2, -0.15) is 0 Å².